The second-order valence-electron chi connectivity index (χ2n) is 5.82. The Bertz CT molecular complexity index is 557. The van der Waals surface area contributed by atoms with E-state index in [9.17, 15) is 8.42 Å². The number of nitrogens with zero attached hydrogens (tertiary/aromatic N) is 1. The number of sulfonamides is 1. The fraction of sp³-hybridized carbons (Fsp3) is 0.692. The fourth-order valence-corrected chi connectivity index (χ4v) is 5.01. The Labute approximate surface area is 108 Å². The van der Waals surface area contributed by atoms with Crippen molar-refractivity contribution in [1.29, 1.82) is 0 Å². The predicted molar refractivity (Wildman–Crippen MR) is 67.7 cm³/mol. The first-order chi connectivity index (χ1) is 8.43. The maximum atomic E-state index is 12.5. The lowest BCUT2D eigenvalue weighted by Crippen LogP contribution is -2.37. The van der Waals surface area contributed by atoms with Gasteiger partial charge in [-0.15, -0.1) is 0 Å². The Morgan fingerprint density at radius 3 is 2.56 bits per heavy atom. The first-order valence-electron chi connectivity index (χ1n) is 6.51. The predicted octanol–water partition coefficient (Wildman–Crippen LogP) is 2.54. The van der Waals surface area contributed by atoms with Crippen LogP contribution in [0.5, 0.6) is 0 Å². The Balaban J connectivity index is 1.90. The molecule has 1 saturated heterocycles. The van der Waals surface area contributed by atoms with Crippen LogP contribution >= 0.6 is 0 Å². The molecule has 100 valence electrons. The van der Waals surface area contributed by atoms with Crippen molar-refractivity contribution in [1.82, 2.24) is 4.31 Å². The smallest absolute Gasteiger partial charge is 0.276 e. The average Bonchev–Trinajstić information content (AvgIpc) is 2.81. The molecule has 1 aliphatic carbocycles. The second-order valence-corrected chi connectivity index (χ2v) is 7.64. The molecule has 0 radical (unpaired) electrons. The molecule has 2 heterocycles. The maximum Gasteiger partial charge on any atom is 0.276 e. The van der Waals surface area contributed by atoms with Gasteiger partial charge in [0.05, 0.1) is 0 Å². The highest BCUT2D eigenvalue weighted by atomic mass is 32.2. The van der Waals surface area contributed by atoms with Crippen molar-refractivity contribution < 1.29 is 12.8 Å². The lowest BCUT2D eigenvalue weighted by molar-refractivity contribution is 0.152. The Hall–Kier alpha value is -0.810. The molecule has 5 heteroatoms. The van der Waals surface area contributed by atoms with Crippen LogP contribution in [-0.2, 0) is 10.0 Å². The van der Waals surface area contributed by atoms with Gasteiger partial charge >= 0.3 is 0 Å². The van der Waals surface area contributed by atoms with Crippen molar-refractivity contribution in [3.8, 4) is 0 Å². The summed E-state index contributed by atoms with van der Waals surface area (Å²) < 4.78 is 32.0. The molecule has 1 atom stereocenters. The molecule has 0 N–H and O–H groups in total. The minimum atomic E-state index is -3.45. The van der Waals surface area contributed by atoms with Crippen molar-refractivity contribution >= 4 is 10.0 Å². The second kappa shape index (κ2) is 3.84. The van der Waals surface area contributed by atoms with E-state index in [0.29, 0.717) is 12.3 Å². The zero-order valence-electron chi connectivity index (χ0n) is 10.8. The summed E-state index contributed by atoms with van der Waals surface area (Å²) in [6, 6.07) is 3.34. The van der Waals surface area contributed by atoms with Crippen molar-refractivity contribution in [2.45, 2.75) is 50.7 Å². The third-order valence-corrected chi connectivity index (χ3v) is 6.24. The van der Waals surface area contributed by atoms with Crippen molar-refractivity contribution in [3.63, 3.8) is 0 Å². The van der Waals surface area contributed by atoms with Crippen LogP contribution in [0, 0.1) is 12.3 Å². The molecule has 1 spiro atoms. The first-order valence-corrected chi connectivity index (χ1v) is 7.95. The molecule has 1 aromatic heterocycles. The third-order valence-electron chi connectivity index (χ3n) is 4.40. The molecule has 0 aromatic carbocycles. The number of hydrogen-bond donors (Lipinski definition) is 0. The van der Waals surface area contributed by atoms with Gasteiger partial charge in [0.25, 0.3) is 10.0 Å². The van der Waals surface area contributed by atoms with Gasteiger partial charge < -0.3 is 4.42 Å². The van der Waals surface area contributed by atoms with Gasteiger partial charge in [-0.1, -0.05) is 6.42 Å². The zero-order valence-corrected chi connectivity index (χ0v) is 11.7. The van der Waals surface area contributed by atoms with Gasteiger partial charge in [-0.25, -0.2) is 8.42 Å². The van der Waals surface area contributed by atoms with Crippen LogP contribution in [0.2, 0.25) is 0 Å². The molecule has 1 saturated carbocycles. The highest BCUT2D eigenvalue weighted by Crippen LogP contribution is 2.51. The van der Waals surface area contributed by atoms with Crippen molar-refractivity contribution in [3.05, 3.63) is 17.9 Å². The topological polar surface area (TPSA) is 50.5 Å². The molecule has 2 aliphatic rings. The van der Waals surface area contributed by atoms with Crippen LogP contribution < -0.4 is 0 Å². The van der Waals surface area contributed by atoms with Crippen LogP contribution in [0.4, 0.5) is 0 Å². The monoisotopic (exact) mass is 269 g/mol. The fourth-order valence-electron chi connectivity index (χ4n) is 3.31. The van der Waals surface area contributed by atoms with Gasteiger partial charge in [0.1, 0.15) is 5.76 Å². The number of hydrogen-bond acceptors (Lipinski definition) is 3. The third kappa shape index (κ3) is 1.72. The quantitative estimate of drug-likeness (QED) is 0.829. The maximum absolute atomic E-state index is 12.5. The first kappa shape index (κ1) is 12.2. The van der Waals surface area contributed by atoms with E-state index < -0.39 is 10.0 Å². The van der Waals surface area contributed by atoms with Gasteiger partial charge in [-0.2, -0.15) is 4.31 Å². The molecule has 1 unspecified atom stereocenters. The van der Waals surface area contributed by atoms with Crippen LogP contribution in [0.15, 0.2) is 21.6 Å². The molecular formula is C13H19NO3S. The van der Waals surface area contributed by atoms with Crippen LogP contribution in [0.1, 0.15) is 38.4 Å². The van der Waals surface area contributed by atoms with E-state index in [-0.39, 0.29) is 16.5 Å². The molecule has 1 aromatic rings. The summed E-state index contributed by atoms with van der Waals surface area (Å²) in [5.74, 6) is 0.638. The minimum absolute atomic E-state index is 0.0840. The van der Waals surface area contributed by atoms with Crippen LogP contribution in [0.25, 0.3) is 0 Å². The van der Waals surface area contributed by atoms with Gasteiger partial charge in [-0.3, -0.25) is 0 Å². The van der Waals surface area contributed by atoms with E-state index in [1.54, 1.807) is 23.4 Å². The highest BCUT2D eigenvalue weighted by molar-refractivity contribution is 7.89. The van der Waals surface area contributed by atoms with Crippen LogP contribution in [-0.4, -0.2) is 25.3 Å². The number of rotatable bonds is 2. The van der Waals surface area contributed by atoms with Crippen LogP contribution in [0.3, 0.4) is 0 Å². The summed E-state index contributed by atoms with van der Waals surface area (Å²) in [5.41, 5.74) is 0.258. The Morgan fingerprint density at radius 2 is 2.11 bits per heavy atom. The van der Waals surface area contributed by atoms with Gasteiger partial charge in [0.2, 0.25) is 5.09 Å². The summed E-state index contributed by atoms with van der Waals surface area (Å²) in [6.07, 6.45) is 4.56. The average molecular weight is 269 g/mol. The summed E-state index contributed by atoms with van der Waals surface area (Å²) >= 11 is 0. The molecule has 4 nitrogen and oxygen atoms in total. The largest absolute Gasteiger partial charge is 0.449 e. The summed E-state index contributed by atoms with van der Waals surface area (Å²) in [4.78, 5) is 0. The van der Waals surface area contributed by atoms with Crippen molar-refractivity contribution in [2.24, 2.45) is 5.41 Å². The molecule has 0 amide bonds. The van der Waals surface area contributed by atoms with E-state index in [2.05, 4.69) is 0 Å². The van der Waals surface area contributed by atoms with Gasteiger partial charge in [0.15, 0.2) is 0 Å². The normalized spacial score (nSPS) is 27.6. The number of furan rings is 1. The Morgan fingerprint density at radius 1 is 1.39 bits per heavy atom. The lowest BCUT2D eigenvalue weighted by atomic mass is 9.68. The van der Waals surface area contributed by atoms with E-state index >= 15 is 0 Å². The molecule has 18 heavy (non-hydrogen) atoms. The summed E-state index contributed by atoms with van der Waals surface area (Å²) in [6.45, 7) is 4.43. The minimum Gasteiger partial charge on any atom is -0.449 e. The summed E-state index contributed by atoms with van der Waals surface area (Å²) in [7, 11) is -3.45. The Kier molecular flexibility index (Phi) is 2.61. The highest BCUT2D eigenvalue weighted by Gasteiger charge is 2.50. The van der Waals surface area contributed by atoms with E-state index in [1.807, 2.05) is 6.92 Å². The number of aryl methyl sites for hydroxylation is 1. The van der Waals surface area contributed by atoms with Crippen molar-refractivity contribution in [2.75, 3.05) is 6.54 Å². The molecule has 1 aliphatic heterocycles. The van der Waals surface area contributed by atoms with Gasteiger partial charge in [0, 0.05) is 12.6 Å². The van der Waals surface area contributed by atoms with E-state index in [4.69, 9.17) is 4.42 Å². The molecule has 0 bridgehead atoms. The molecule has 3 rings (SSSR count). The SMILES string of the molecule is Cc1ccc(S(=O)(=O)N2CC3(CCC3)CC2C)o1. The zero-order chi connectivity index (χ0) is 13.0. The summed E-state index contributed by atoms with van der Waals surface area (Å²) in [5, 5.41) is 0.0863. The van der Waals surface area contributed by atoms with E-state index in [1.165, 1.54) is 19.3 Å². The van der Waals surface area contributed by atoms with E-state index in [0.717, 1.165) is 6.42 Å². The lowest BCUT2D eigenvalue weighted by Gasteiger charge is -2.37. The molecular weight excluding hydrogens is 250 g/mol. The van der Waals surface area contributed by atoms with Gasteiger partial charge in [-0.05, 0) is 50.7 Å². The molecule has 2 fully saturated rings. The standard InChI is InChI=1S/C13H19NO3S/c1-10-8-13(6-3-7-13)9-14(10)18(15,16)12-5-4-11(2)17-12/h4-5,10H,3,6-9H2,1-2H3.